The van der Waals surface area contributed by atoms with Gasteiger partial charge in [0.25, 0.3) is 10.1 Å². The van der Waals surface area contributed by atoms with Gasteiger partial charge in [-0.05, 0) is 66.0 Å². The molecule has 10 heteroatoms. The molecule has 0 radical (unpaired) electrons. The molecule has 0 aliphatic heterocycles. The van der Waals surface area contributed by atoms with Crippen molar-refractivity contribution in [3.63, 3.8) is 0 Å². The quantitative estimate of drug-likeness (QED) is 0.267. The lowest BCUT2D eigenvalue weighted by Gasteiger charge is -2.42. The summed E-state index contributed by atoms with van der Waals surface area (Å²) >= 11 is 0. The molecule has 1 rings (SSSR count). The molecule has 2 N–H and O–H groups in total. The van der Waals surface area contributed by atoms with Crippen molar-refractivity contribution in [3.8, 4) is 0 Å². The molecule has 0 aromatic heterocycles. The Kier molecular flexibility index (Phi) is 11.0. The number of benzene rings is 1. The SMILES string of the molecule is CC(OC(C)(C)C)C(=O)C(C)(C)C(C)(C)OCCC(CC=O)CC(=O)Nc1ccccc1S(=O)(=O)O. The van der Waals surface area contributed by atoms with Gasteiger partial charge in [0.2, 0.25) is 5.91 Å². The van der Waals surface area contributed by atoms with Crippen molar-refractivity contribution >= 4 is 33.8 Å². The fraction of sp³-hybridized carbons (Fsp3) is 0.654. The third-order valence-electron chi connectivity index (χ3n) is 6.35. The monoisotopic (exact) mass is 527 g/mol. The zero-order valence-corrected chi connectivity index (χ0v) is 23.4. The fourth-order valence-electron chi connectivity index (χ4n) is 3.75. The summed E-state index contributed by atoms with van der Waals surface area (Å²) in [7, 11) is -4.51. The Labute approximate surface area is 215 Å². The van der Waals surface area contributed by atoms with E-state index in [1.807, 2.05) is 34.6 Å². The first-order valence-electron chi connectivity index (χ1n) is 12.0. The van der Waals surface area contributed by atoms with Gasteiger partial charge in [-0.1, -0.05) is 26.0 Å². The standard InChI is InChI=1S/C26H41NO8S/c1-18(35-24(2,3)4)23(30)25(5,6)26(7,8)34-16-14-19(13-15-28)17-22(29)27-20-11-9-10-12-21(20)36(31,32)33/h9-12,15,18-19H,13-14,16-17H2,1-8H3,(H,27,29)(H,31,32,33). The molecule has 204 valence electrons. The van der Waals surface area contributed by atoms with Gasteiger partial charge in [-0.3, -0.25) is 14.1 Å². The fourth-order valence-corrected chi connectivity index (χ4v) is 4.39. The topological polar surface area (TPSA) is 136 Å². The van der Waals surface area contributed by atoms with Crippen LogP contribution >= 0.6 is 0 Å². The highest BCUT2D eigenvalue weighted by Crippen LogP contribution is 2.37. The van der Waals surface area contributed by atoms with Gasteiger partial charge < -0.3 is 19.6 Å². The van der Waals surface area contributed by atoms with Crippen molar-refractivity contribution in [2.75, 3.05) is 11.9 Å². The third-order valence-corrected chi connectivity index (χ3v) is 7.26. The van der Waals surface area contributed by atoms with Gasteiger partial charge in [-0.15, -0.1) is 0 Å². The molecule has 0 aliphatic carbocycles. The summed E-state index contributed by atoms with van der Waals surface area (Å²) in [5.41, 5.74) is -2.25. The molecule has 1 aromatic rings. The van der Waals surface area contributed by atoms with Crippen LogP contribution in [0.25, 0.3) is 0 Å². The second-order valence-electron chi connectivity index (χ2n) is 11.0. The molecular weight excluding hydrogens is 486 g/mol. The third kappa shape index (κ3) is 9.38. The number of ether oxygens (including phenoxy) is 2. The molecule has 2 atom stereocenters. The smallest absolute Gasteiger partial charge is 0.296 e. The number of rotatable bonds is 14. The summed E-state index contributed by atoms with van der Waals surface area (Å²) in [5, 5.41) is 2.49. The van der Waals surface area contributed by atoms with Crippen LogP contribution in [-0.2, 0) is 34.0 Å². The van der Waals surface area contributed by atoms with E-state index >= 15 is 0 Å². The van der Waals surface area contributed by atoms with E-state index in [2.05, 4.69) is 5.32 Å². The van der Waals surface area contributed by atoms with Crippen molar-refractivity contribution in [1.82, 2.24) is 0 Å². The second-order valence-corrected chi connectivity index (χ2v) is 12.4. The zero-order chi connectivity index (χ0) is 27.9. The number of ketones is 1. The van der Waals surface area contributed by atoms with Gasteiger partial charge >= 0.3 is 0 Å². The molecular formula is C26H41NO8S. The number of carbonyl (C=O) groups is 3. The van der Waals surface area contributed by atoms with Gasteiger partial charge in [0, 0.05) is 19.4 Å². The summed E-state index contributed by atoms with van der Waals surface area (Å²) in [6.07, 6.45) is 0.513. The van der Waals surface area contributed by atoms with E-state index in [-0.39, 0.29) is 36.8 Å². The van der Waals surface area contributed by atoms with Gasteiger partial charge in [0.05, 0.1) is 22.3 Å². The number of aldehydes is 1. The minimum atomic E-state index is -4.51. The van der Waals surface area contributed by atoms with Gasteiger partial charge in [-0.2, -0.15) is 8.42 Å². The van der Waals surface area contributed by atoms with Gasteiger partial charge in [0.1, 0.15) is 17.3 Å². The van der Waals surface area contributed by atoms with E-state index in [0.29, 0.717) is 12.7 Å². The molecule has 0 bridgehead atoms. The highest BCUT2D eigenvalue weighted by Gasteiger charge is 2.46. The van der Waals surface area contributed by atoms with E-state index in [4.69, 9.17) is 9.47 Å². The molecule has 0 spiro atoms. The first kappa shape index (κ1) is 31.9. The highest BCUT2D eigenvalue weighted by molar-refractivity contribution is 7.86. The molecule has 1 aromatic carbocycles. The van der Waals surface area contributed by atoms with Crippen molar-refractivity contribution in [2.45, 2.75) is 96.9 Å². The summed E-state index contributed by atoms with van der Waals surface area (Å²) < 4.78 is 44.4. The van der Waals surface area contributed by atoms with Crippen LogP contribution in [0.5, 0.6) is 0 Å². The zero-order valence-electron chi connectivity index (χ0n) is 22.6. The van der Waals surface area contributed by atoms with E-state index < -0.39 is 43.6 Å². The molecule has 0 aliphatic rings. The number of Topliss-reactive ketones (excluding diaryl/α,β-unsaturated/α-hetero) is 1. The van der Waals surface area contributed by atoms with Crippen LogP contribution in [0.3, 0.4) is 0 Å². The summed E-state index contributed by atoms with van der Waals surface area (Å²) in [6, 6.07) is 5.50. The maximum atomic E-state index is 13.1. The summed E-state index contributed by atoms with van der Waals surface area (Å²) in [6.45, 7) is 14.8. The van der Waals surface area contributed by atoms with Crippen molar-refractivity contribution in [3.05, 3.63) is 24.3 Å². The normalized spacial score (nSPS) is 14.7. The Morgan fingerprint density at radius 2 is 1.67 bits per heavy atom. The lowest BCUT2D eigenvalue weighted by molar-refractivity contribution is -0.166. The average molecular weight is 528 g/mol. The van der Waals surface area contributed by atoms with Crippen LogP contribution in [0.2, 0.25) is 0 Å². The Morgan fingerprint density at radius 3 is 2.19 bits per heavy atom. The van der Waals surface area contributed by atoms with Crippen LogP contribution in [0.4, 0.5) is 5.69 Å². The predicted octanol–water partition coefficient (Wildman–Crippen LogP) is 4.45. The molecule has 36 heavy (non-hydrogen) atoms. The second kappa shape index (κ2) is 12.4. The Morgan fingerprint density at radius 1 is 1.08 bits per heavy atom. The van der Waals surface area contributed by atoms with E-state index in [0.717, 1.165) is 0 Å². The number of nitrogens with one attached hydrogen (secondary N) is 1. The first-order valence-corrected chi connectivity index (χ1v) is 13.4. The average Bonchev–Trinajstić information content (AvgIpc) is 2.71. The summed E-state index contributed by atoms with van der Waals surface area (Å²) in [4.78, 5) is 36.5. The Hall–Kier alpha value is -2.14. The molecule has 1 amide bonds. The van der Waals surface area contributed by atoms with E-state index in [1.54, 1.807) is 20.8 Å². The van der Waals surface area contributed by atoms with Crippen molar-refractivity contribution < 1.29 is 36.8 Å². The molecule has 0 saturated heterocycles. The number of hydrogen-bond acceptors (Lipinski definition) is 7. The first-order chi connectivity index (χ1) is 16.3. The van der Waals surface area contributed by atoms with Crippen LogP contribution in [0, 0.1) is 11.3 Å². The van der Waals surface area contributed by atoms with Crippen LogP contribution < -0.4 is 5.32 Å². The molecule has 0 heterocycles. The maximum Gasteiger partial charge on any atom is 0.296 e. The number of amides is 1. The Balaban J connectivity index is 2.81. The minimum absolute atomic E-state index is 0.0425. The highest BCUT2D eigenvalue weighted by atomic mass is 32.2. The largest absolute Gasteiger partial charge is 0.375 e. The van der Waals surface area contributed by atoms with Crippen molar-refractivity contribution in [2.24, 2.45) is 11.3 Å². The van der Waals surface area contributed by atoms with E-state index in [1.165, 1.54) is 24.3 Å². The lowest BCUT2D eigenvalue weighted by Crippen LogP contribution is -2.51. The molecule has 0 fully saturated rings. The van der Waals surface area contributed by atoms with Gasteiger partial charge in [-0.25, -0.2) is 0 Å². The van der Waals surface area contributed by atoms with Crippen LogP contribution in [0.1, 0.15) is 74.7 Å². The van der Waals surface area contributed by atoms with Crippen LogP contribution in [0.15, 0.2) is 29.2 Å². The number of hydrogen-bond donors (Lipinski definition) is 2. The Bertz CT molecular complexity index is 1020. The number of anilines is 1. The molecule has 0 saturated carbocycles. The predicted molar refractivity (Wildman–Crippen MR) is 137 cm³/mol. The number of carbonyl (C=O) groups excluding carboxylic acids is 3. The molecule has 2 unspecified atom stereocenters. The maximum absolute atomic E-state index is 13.1. The summed E-state index contributed by atoms with van der Waals surface area (Å²) in [5.74, 6) is -0.956. The minimum Gasteiger partial charge on any atom is -0.375 e. The molecule has 9 nitrogen and oxygen atoms in total. The number of para-hydroxylation sites is 1. The van der Waals surface area contributed by atoms with Crippen molar-refractivity contribution in [1.29, 1.82) is 0 Å². The van der Waals surface area contributed by atoms with Gasteiger partial charge in [0.15, 0.2) is 5.78 Å². The lowest BCUT2D eigenvalue weighted by atomic mass is 9.72. The van der Waals surface area contributed by atoms with E-state index in [9.17, 15) is 27.4 Å². The van der Waals surface area contributed by atoms with Crippen LogP contribution in [-0.4, -0.2) is 54.9 Å².